The van der Waals surface area contributed by atoms with Crippen molar-refractivity contribution in [1.82, 2.24) is 4.90 Å². The summed E-state index contributed by atoms with van der Waals surface area (Å²) in [5, 5.41) is 0. The standard InChI is InChI=1S/C9H18N2O2/c1-2-13-9(12)11-5-3-4-8(6-10)7-11/h8H,2-7,10H2,1H3. The molecule has 1 aliphatic heterocycles. The van der Waals surface area contributed by atoms with Crippen molar-refractivity contribution in [3.05, 3.63) is 0 Å². The van der Waals surface area contributed by atoms with Crippen molar-refractivity contribution < 1.29 is 9.53 Å². The zero-order valence-electron chi connectivity index (χ0n) is 8.16. The number of piperidine rings is 1. The summed E-state index contributed by atoms with van der Waals surface area (Å²) in [6, 6.07) is 0. The minimum atomic E-state index is -0.194. The Bertz CT molecular complexity index is 173. The van der Waals surface area contributed by atoms with Crippen LogP contribution in [0.3, 0.4) is 0 Å². The molecular formula is C9H18N2O2. The molecule has 76 valence electrons. The zero-order chi connectivity index (χ0) is 9.68. The fraction of sp³-hybridized carbons (Fsp3) is 0.889. The van der Waals surface area contributed by atoms with Crippen LogP contribution in [0.25, 0.3) is 0 Å². The van der Waals surface area contributed by atoms with Gasteiger partial charge in [0.1, 0.15) is 0 Å². The number of carbonyl (C=O) groups excluding carboxylic acids is 1. The van der Waals surface area contributed by atoms with Gasteiger partial charge in [-0.25, -0.2) is 4.79 Å². The molecule has 0 spiro atoms. The normalized spacial score (nSPS) is 22.9. The molecule has 4 heteroatoms. The van der Waals surface area contributed by atoms with E-state index in [0.29, 0.717) is 19.1 Å². The van der Waals surface area contributed by atoms with Crippen LogP contribution >= 0.6 is 0 Å². The summed E-state index contributed by atoms with van der Waals surface area (Å²) in [6.45, 7) is 4.51. The first-order valence-corrected chi connectivity index (χ1v) is 4.89. The molecule has 1 aliphatic rings. The summed E-state index contributed by atoms with van der Waals surface area (Å²) in [5.74, 6) is 0.457. The monoisotopic (exact) mass is 186 g/mol. The maximum absolute atomic E-state index is 11.3. The molecule has 0 aromatic rings. The summed E-state index contributed by atoms with van der Waals surface area (Å²) in [7, 11) is 0. The average Bonchev–Trinajstić information content (AvgIpc) is 2.18. The maximum atomic E-state index is 11.3. The fourth-order valence-corrected chi connectivity index (χ4v) is 1.64. The minimum Gasteiger partial charge on any atom is -0.450 e. The number of nitrogens with zero attached hydrogens (tertiary/aromatic N) is 1. The van der Waals surface area contributed by atoms with Crippen molar-refractivity contribution in [2.45, 2.75) is 19.8 Å². The molecule has 1 rings (SSSR count). The van der Waals surface area contributed by atoms with E-state index in [1.165, 1.54) is 0 Å². The molecule has 1 fully saturated rings. The Labute approximate surface area is 79.0 Å². The van der Waals surface area contributed by atoms with Gasteiger partial charge in [0.2, 0.25) is 0 Å². The molecule has 0 aromatic heterocycles. The number of carbonyl (C=O) groups is 1. The first kappa shape index (κ1) is 10.3. The lowest BCUT2D eigenvalue weighted by Gasteiger charge is -2.31. The molecule has 0 bridgehead atoms. The Morgan fingerprint density at radius 1 is 1.69 bits per heavy atom. The van der Waals surface area contributed by atoms with E-state index in [4.69, 9.17) is 10.5 Å². The lowest BCUT2D eigenvalue weighted by atomic mass is 9.99. The molecule has 1 amide bonds. The first-order valence-electron chi connectivity index (χ1n) is 4.89. The van der Waals surface area contributed by atoms with Gasteiger partial charge >= 0.3 is 6.09 Å². The number of likely N-dealkylation sites (tertiary alicyclic amines) is 1. The van der Waals surface area contributed by atoms with Gasteiger partial charge in [0.25, 0.3) is 0 Å². The topological polar surface area (TPSA) is 55.6 Å². The summed E-state index contributed by atoms with van der Waals surface area (Å²) >= 11 is 0. The maximum Gasteiger partial charge on any atom is 0.409 e. The molecule has 0 aliphatic carbocycles. The van der Waals surface area contributed by atoms with Gasteiger partial charge in [0.05, 0.1) is 6.61 Å². The van der Waals surface area contributed by atoms with E-state index in [1.54, 1.807) is 4.90 Å². The van der Waals surface area contributed by atoms with Crippen LogP contribution in [0.5, 0.6) is 0 Å². The van der Waals surface area contributed by atoms with Crippen molar-refractivity contribution in [2.75, 3.05) is 26.2 Å². The van der Waals surface area contributed by atoms with Crippen molar-refractivity contribution in [2.24, 2.45) is 11.7 Å². The molecule has 0 radical (unpaired) electrons. The van der Waals surface area contributed by atoms with Gasteiger partial charge in [-0.3, -0.25) is 0 Å². The molecule has 2 N–H and O–H groups in total. The highest BCUT2D eigenvalue weighted by molar-refractivity contribution is 5.67. The largest absolute Gasteiger partial charge is 0.450 e. The summed E-state index contributed by atoms with van der Waals surface area (Å²) in [4.78, 5) is 13.1. The molecule has 4 nitrogen and oxygen atoms in total. The lowest BCUT2D eigenvalue weighted by molar-refractivity contribution is 0.0893. The number of rotatable bonds is 2. The highest BCUT2D eigenvalue weighted by atomic mass is 16.6. The molecule has 0 saturated carbocycles. The Morgan fingerprint density at radius 3 is 3.08 bits per heavy atom. The number of hydrogen-bond donors (Lipinski definition) is 1. The van der Waals surface area contributed by atoms with E-state index in [-0.39, 0.29) is 6.09 Å². The Hall–Kier alpha value is -0.770. The van der Waals surface area contributed by atoms with Crippen molar-refractivity contribution >= 4 is 6.09 Å². The van der Waals surface area contributed by atoms with Crippen LogP contribution in [0.15, 0.2) is 0 Å². The summed E-state index contributed by atoms with van der Waals surface area (Å²) in [6.07, 6.45) is 1.98. The van der Waals surface area contributed by atoms with Gasteiger partial charge in [0, 0.05) is 13.1 Å². The van der Waals surface area contributed by atoms with Crippen LogP contribution in [-0.2, 0) is 4.74 Å². The van der Waals surface area contributed by atoms with E-state index in [9.17, 15) is 4.79 Å². The van der Waals surface area contributed by atoms with Gasteiger partial charge < -0.3 is 15.4 Å². The molecule has 1 heterocycles. The van der Waals surface area contributed by atoms with Crippen LogP contribution in [0.4, 0.5) is 4.79 Å². The van der Waals surface area contributed by atoms with Crippen molar-refractivity contribution in [3.8, 4) is 0 Å². The third-order valence-corrected chi connectivity index (χ3v) is 2.38. The lowest BCUT2D eigenvalue weighted by Crippen LogP contribution is -2.42. The second-order valence-corrected chi connectivity index (χ2v) is 3.39. The summed E-state index contributed by atoms with van der Waals surface area (Å²) in [5.41, 5.74) is 5.56. The van der Waals surface area contributed by atoms with Gasteiger partial charge in [-0.05, 0) is 32.2 Å². The molecule has 1 atom stereocenters. The minimum absolute atomic E-state index is 0.194. The van der Waals surface area contributed by atoms with Gasteiger partial charge in [-0.1, -0.05) is 0 Å². The van der Waals surface area contributed by atoms with E-state index in [0.717, 1.165) is 25.9 Å². The van der Waals surface area contributed by atoms with Gasteiger partial charge in [-0.2, -0.15) is 0 Å². The van der Waals surface area contributed by atoms with Crippen LogP contribution in [0.2, 0.25) is 0 Å². The second-order valence-electron chi connectivity index (χ2n) is 3.39. The predicted molar refractivity (Wildman–Crippen MR) is 50.4 cm³/mol. The molecule has 1 unspecified atom stereocenters. The van der Waals surface area contributed by atoms with Gasteiger partial charge in [-0.15, -0.1) is 0 Å². The third-order valence-electron chi connectivity index (χ3n) is 2.38. The van der Waals surface area contributed by atoms with E-state index in [2.05, 4.69) is 0 Å². The second kappa shape index (κ2) is 5.07. The third kappa shape index (κ3) is 2.88. The fourth-order valence-electron chi connectivity index (χ4n) is 1.64. The van der Waals surface area contributed by atoms with E-state index >= 15 is 0 Å². The molecular weight excluding hydrogens is 168 g/mol. The van der Waals surface area contributed by atoms with Crippen LogP contribution in [0.1, 0.15) is 19.8 Å². The Balaban J connectivity index is 2.37. The van der Waals surface area contributed by atoms with Gasteiger partial charge in [0.15, 0.2) is 0 Å². The van der Waals surface area contributed by atoms with Crippen LogP contribution < -0.4 is 5.73 Å². The summed E-state index contributed by atoms with van der Waals surface area (Å²) < 4.78 is 4.92. The number of hydrogen-bond acceptors (Lipinski definition) is 3. The van der Waals surface area contributed by atoms with E-state index < -0.39 is 0 Å². The zero-order valence-corrected chi connectivity index (χ0v) is 8.16. The number of nitrogens with two attached hydrogens (primary N) is 1. The molecule has 13 heavy (non-hydrogen) atoms. The van der Waals surface area contributed by atoms with Crippen molar-refractivity contribution in [3.63, 3.8) is 0 Å². The highest BCUT2D eigenvalue weighted by Crippen LogP contribution is 2.15. The SMILES string of the molecule is CCOC(=O)N1CCCC(CN)C1. The molecule has 1 saturated heterocycles. The Morgan fingerprint density at radius 2 is 2.46 bits per heavy atom. The van der Waals surface area contributed by atoms with Crippen molar-refractivity contribution in [1.29, 1.82) is 0 Å². The quantitative estimate of drug-likeness (QED) is 0.694. The first-order chi connectivity index (χ1) is 6.27. The number of ether oxygens (including phenoxy) is 1. The molecule has 0 aromatic carbocycles. The van der Waals surface area contributed by atoms with E-state index in [1.807, 2.05) is 6.92 Å². The van der Waals surface area contributed by atoms with Crippen LogP contribution in [-0.4, -0.2) is 37.2 Å². The smallest absolute Gasteiger partial charge is 0.409 e. The van der Waals surface area contributed by atoms with Crippen LogP contribution in [0, 0.1) is 5.92 Å². The average molecular weight is 186 g/mol. The Kier molecular flexibility index (Phi) is 4.02. The number of amides is 1. The predicted octanol–water partition coefficient (Wildman–Crippen LogP) is 0.814. The highest BCUT2D eigenvalue weighted by Gasteiger charge is 2.23.